The smallest absolute Gasteiger partial charge is 0.165 e. The topological polar surface area (TPSA) is 32.3 Å². The van der Waals surface area contributed by atoms with Gasteiger partial charge in [-0.05, 0) is 31.5 Å². The Kier molecular flexibility index (Phi) is 2.74. The van der Waals surface area contributed by atoms with Crippen molar-refractivity contribution >= 4 is 15.9 Å². The van der Waals surface area contributed by atoms with Crippen LogP contribution in [0.4, 0.5) is 4.39 Å². The molecule has 0 aromatic heterocycles. The third-order valence-electron chi connectivity index (χ3n) is 2.52. The van der Waals surface area contributed by atoms with Crippen LogP contribution in [0.5, 0.6) is 5.75 Å². The molecule has 2 N–H and O–H groups in total. The standard InChI is InChI=1S/C10H11BrFNO/c11-6-3-4-7(12)10(14)9(6)8-2-1-5-13-8/h3-4,8,13-14H,1-2,5H2/t8-/m0/s1. The van der Waals surface area contributed by atoms with E-state index in [1.165, 1.54) is 6.07 Å². The van der Waals surface area contributed by atoms with Crippen molar-refractivity contribution in [2.45, 2.75) is 18.9 Å². The molecule has 0 saturated carbocycles. The van der Waals surface area contributed by atoms with Gasteiger partial charge < -0.3 is 10.4 Å². The summed E-state index contributed by atoms with van der Waals surface area (Å²) < 4.78 is 13.9. The van der Waals surface area contributed by atoms with E-state index in [1.807, 2.05) is 0 Å². The second-order valence-corrected chi connectivity index (χ2v) is 4.29. The predicted molar refractivity (Wildman–Crippen MR) is 55.7 cm³/mol. The summed E-state index contributed by atoms with van der Waals surface area (Å²) in [5, 5.41) is 12.8. The zero-order valence-corrected chi connectivity index (χ0v) is 9.14. The lowest BCUT2D eigenvalue weighted by Crippen LogP contribution is -2.13. The van der Waals surface area contributed by atoms with Gasteiger partial charge in [0, 0.05) is 16.1 Å². The number of benzene rings is 1. The minimum atomic E-state index is -0.558. The van der Waals surface area contributed by atoms with E-state index >= 15 is 0 Å². The van der Waals surface area contributed by atoms with Crippen molar-refractivity contribution in [1.82, 2.24) is 5.32 Å². The number of rotatable bonds is 1. The van der Waals surface area contributed by atoms with E-state index in [9.17, 15) is 9.50 Å². The Morgan fingerprint density at radius 3 is 2.93 bits per heavy atom. The normalized spacial score (nSPS) is 21.4. The number of phenols is 1. The molecule has 2 rings (SSSR count). The lowest BCUT2D eigenvalue weighted by molar-refractivity contribution is 0.416. The molecule has 1 heterocycles. The summed E-state index contributed by atoms with van der Waals surface area (Å²) in [5.41, 5.74) is 0.641. The first-order valence-corrected chi connectivity index (χ1v) is 5.39. The molecule has 0 unspecified atom stereocenters. The second kappa shape index (κ2) is 3.87. The van der Waals surface area contributed by atoms with Crippen LogP contribution in [0, 0.1) is 5.82 Å². The molecule has 1 saturated heterocycles. The summed E-state index contributed by atoms with van der Waals surface area (Å²) in [4.78, 5) is 0. The highest BCUT2D eigenvalue weighted by atomic mass is 79.9. The van der Waals surface area contributed by atoms with Gasteiger partial charge in [-0.15, -0.1) is 0 Å². The molecule has 1 atom stereocenters. The van der Waals surface area contributed by atoms with Crippen molar-refractivity contribution in [3.8, 4) is 5.75 Å². The van der Waals surface area contributed by atoms with Gasteiger partial charge in [0.25, 0.3) is 0 Å². The summed E-state index contributed by atoms with van der Waals surface area (Å²) in [6.45, 7) is 0.924. The molecule has 4 heteroatoms. The quantitative estimate of drug-likeness (QED) is 0.813. The van der Waals surface area contributed by atoms with Gasteiger partial charge in [-0.25, -0.2) is 4.39 Å². The van der Waals surface area contributed by atoms with E-state index in [4.69, 9.17) is 0 Å². The summed E-state index contributed by atoms with van der Waals surface area (Å²) >= 11 is 3.32. The largest absolute Gasteiger partial charge is 0.505 e. The fourth-order valence-corrected chi connectivity index (χ4v) is 2.42. The second-order valence-electron chi connectivity index (χ2n) is 3.44. The molecule has 1 aliphatic rings. The van der Waals surface area contributed by atoms with Crippen LogP contribution in [-0.2, 0) is 0 Å². The van der Waals surface area contributed by atoms with Crippen LogP contribution < -0.4 is 5.32 Å². The zero-order chi connectivity index (χ0) is 10.1. The molecular weight excluding hydrogens is 249 g/mol. The third kappa shape index (κ3) is 1.64. The van der Waals surface area contributed by atoms with Gasteiger partial charge in [0.2, 0.25) is 0 Å². The summed E-state index contributed by atoms with van der Waals surface area (Å²) in [6.07, 6.45) is 2.00. The molecule has 0 aliphatic carbocycles. The van der Waals surface area contributed by atoms with Gasteiger partial charge in [-0.1, -0.05) is 15.9 Å². The Hall–Kier alpha value is -0.610. The molecule has 0 spiro atoms. The van der Waals surface area contributed by atoms with Crippen molar-refractivity contribution in [1.29, 1.82) is 0 Å². The maximum atomic E-state index is 13.1. The molecule has 1 aromatic rings. The highest BCUT2D eigenvalue weighted by Crippen LogP contribution is 2.37. The highest BCUT2D eigenvalue weighted by molar-refractivity contribution is 9.10. The Balaban J connectivity index is 2.44. The van der Waals surface area contributed by atoms with Crippen LogP contribution in [0.2, 0.25) is 0 Å². The number of hydrogen-bond acceptors (Lipinski definition) is 2. The fourth-order valence-electron chi connectivity index (χ4n) is 1.82. The zero-order valence-electron chi connectivity index (χ0n) is 7.56. The van der Waals surface area contributed by atoms with Crippen LogP contribution in [0.1, 0.15) is 24.4 Å². The molecule has 1 aromatic carbocycles. The van der Waals surface area contributed by atoms with E-state index in [0.29, 0.717) is 5.56 Å². The van der Waals surface area contributed by atoms with Crippen molar-refractivity contribution in [3.63, 3.8) is 0 Å². The number of halogens is 2. The first-order chi connectivity index (χ1) is 6.70. The Labute approximate surface area is 90.3 Å². The first kappa shape index (κ1) is 9.93. The average Bonchev–Trinajstić information content (AvgIpc) is 2.65. The van der Waals surface area contributed by atoms with Gasteiger partial charge in [0.1, 0.15) is 0 Å². The molecular formula is C10H11BrFNO. The molecule has 1 fully saturated rings. The molecule has 1 aliphatic heterocycles. The van der Waals surface area contributed by atoms with Crippen LogP contribution >= 0.6 is 15.9 Å². The van der Waals surface area contributed by atoms with Gasteiger partial charge in [0.05, 0.1) is 0 Å². The van der Waals surface area contributed by atoms with Crippen molar-refractivity contribution in [2.75, 3.05) is 6.54 Å². The Morgan fingerprint density at radius 1 is 1.50 bits per heavy atom. The summed E-state index contributed by atoms with van der Waals surface area (Å²) in [7, 11) is 0. The lowest BCUT2D eigenvalue weighted by Gasteiger charge is -2.14. The molecule has 0 amide bonds. The fraction of sp³-hybridized carbons (Fsp3) is 0.400. The van der Waals surface area contributed by atoms with Crippen molar-refractivity contribution in [2.24, 2.45) is 0 Å². The monoisotopic (exact) mass is 259 g/mol. The molecule has 14 heavy (non-hydrogen) atoms. The maximum absolute atomic E-state index is 13.1. The number of nitrogens with one attached hydrogen (secondary N) is 1. The minimum absolute atomic E-state index is 0.0695. The highest BCUT2D eigenvalue weighted by Gasteiger charge is 2.23. The van der Waals surface area contributed by atoms with Crippen LogP contribution in [0.15, 0.2) is 16.6 Å². The number of aromatic hydroxyl groups is 1. The third-order valence-corrected chi connectivity index (χ3v) is 3.21. The Bertz CT molecular complexity index is 350. The van der Waals surface area contributed by atoms with Gasteiger partial charge >= 0.3 is 0 Å². The molecule has 0 bridgehead atoms. The molecule has 2 nitrogen and oxygen atoms in total. The molecule has 76 valence electrons. The van der Waals surface area contributed by atoms with E-state index in [2.05, 4.69) is 21.2 Å². The van der Waals surface area contributed by atoms with Crippen LogP contribution in [0.25, 0.3) is 0 Å². The van der Waals surface area contributed by atoms with E-state index < -0.39 is 5.82 Å². The van der Waals surface area contributed by atoms with E-state index in [-0.39, 0.29) is 11.8 Å². The Morgan fingerprint density at radius 2 is 2.29 bits per heavy atom. The number of hydrogen-bond donors (Lipinski definition) is 2. The van der Waals surface area contributed by atoms with Gasteiger partial charge in [0.15, 0.2) is 11.6 Å². The number of phenolic OH excluding ortho intramolecular Hbond substituents is 1. The van der Waals surface area contributed by atoms with E-state index in [1.54, 1.807) is 6.07 Å². The SMILES string of the molecule is Oc1c(F)ccc(Br)c1[C@@H]1CCCN1. The lowest BCUT2D eigenvalue weighted by atomic mass is 10.0. The van der Waals surface area contributed by atoms with E-state index in [0.717, 1.165) is 23.9 Å². The molecule has 0 radical (unpaired) electrons. The van der Waals surface area contributed by atoms with Crippen LogP contribution in [0.3, 0.4) is 0 Å². The van der Waals surface area contributed by atoms with Crippen molar-refractivity contribution < 1.29 is 9.50 Å². The minimum Gasteiger partial charge on any atom is -0.505 e. The first-order valence-electron chi connectivity index (χ1n) is 4.60. The predicted octanol–water partition coefficient (Wildman–Crippen LogP) is 2.72. The van der Waals surface area contributed by atoms with Gasteiger partial charge in [-0.3, -0.25) is 0 Å². The summed E-state index contributed by atoms with van der Waals surface area (Å²) in [6, 6.07) is 2.96. The maximum Gasteiger partial charge on any atom is 0.165 e. The summed E-state index contributed by atoms with van der Waals surface area (Å²) in [5.74, 6) is -0.796. The average molecular weight is 260 g/mol. The van der Waals surface area contributed by atoms with Crippen molar-refractivity contribution in [3.05, 3.63) is 28.0 Å². The van der Waals surface area contributed by atoms with Crippen LogP contribution in [-0.4, -0.2) is 11.7 Å². The van der Waals surface area contributed by atoms with Gasteiger partial charge in [-0.2, -0.15) is 0 Å².